The van der Waals surface area contributed by atoms with Crippen LogP contribution in [-0.4, -0.2) is 8.42 Å². The summed E-state index contributed by atoms with van der Waals surface area (Å²) in [6, 6.07) is 11.3. The van der Waals surface area contributed by atoms with Crippen LogP contribution in [0.5, 0.6) is 0 Å². The second-order valence-electron chi connectivity index (χ2n) is 6.92. The Morgan fingerprint density at radius 3 is 2.08 bits per heavy atom. The average Bonchev–Trinajstić information content (AvgIpc) is 2.62. The first kappa shape index (κ1) is 20.9. The van der Waals surface area contributed by atoms with Gasteiger partial charge in [-0.05, 0) is 67.0 Å². The van der Waals surface area contributed by atoms with Crippen molar-refractivity contribution in [2.24, 2.45) is 0 Å². The van der Waals surface area contributed by atoms with E-state index in [4.69, 9.17) is 11.6 Å². The van der Waals surface area contributed by atoms with E-state index in [1.165, 1.54) is 5.56 Å². The van der Waals surface area contributed by atoms with Crippen LogP contribution < -0.4 is 4.72 Å². The van der Waals surface area contributed by atoms with Gasteiger partial charge in [-0.15, -0.1) is 0 Å². The highest BCUT2D eigenvalue weighted by Crippen LogP contribution is 2.27. The highest BCUT2D eigenvalue weighted by atomic mass is 35.5. The number of hydrogen-bond acceptors (Lipinski definition) is 2. The number of aryl methyl sites for hydroxylation is 2. The van der Waals surface area contributed by atoms with E-state index in [9.17, 15) is 8.42 Å². The summed E-state index contributed by atoms with van der Waals surface area (Å²) in [5.74, 6) is 0.500. The van der Waals surface area contributed by atoms with Crippen molar-refractivity contribution in [1.82, 2.24) is 4.72 Å². The van der Waals surface area contributed by atoms with E-state index in [2.05, 4.69) is 30.7 Å². The molecular weight excluding hydrogens is 366 g/mol. The Balaban J connectivity index is 2.30. The molecular formula is C21H28ClNO2S. The summed E-state index contributed by atoms with van der Waals surface area (Å²) in [6.07, 6.45) is 1.76. The molecule has 0 fully saturated rings. The first-order valence-corrected chi connectivity index (χ1v) is 10.9. The molecule has 0 aliphatic heterocycles. The summed E-state index contributed by atoms with van der Waals surface area (Å²) in [6.45, 7) is 9.92. The van der Waals surface area contributed by atoms with E-state index in [0.29, 0.717) is 22.9 Å². The fourth-order valence-electron chi connectivity index (χ4n) is 2.97. The Hall–Kier alpha value is -1.36. The van der Waals surface area contributed by atoms with Crippen LogP contribution >= 0.6 is 11.6 Å². The van der Waals surface area contributed by atoms with Gasteiger partial charge in [0, 0.05) is 11.1 Å². The van der Waals surface area contributed by atoms with E-state index in [-0.39, 0.29) is 10.9 Å². The molecule has 0 amide bonds. The molecule has 0 heterocycles. The maximum atomic E-state index is 12.9. The van der Waals surface area contributed by atoms with Crippen LogP contribution in [0.2, 0.25) is 5.02 Å². The Kier molecular flexibility index (Phi) is 6.89. The maximum absolute atomic E-state index is 12.9. The fraction of sp³-hybridized carbons (Fsp3) is 0.429. The minimum absolute atomic E-state index is 0.263. The summed E-state index contributed by atoms with van der Waals surface area (Å²) >= 11 is 6.10. The van der Waals surface area contributed by atoms with Crippen LogP contribution in [0.25, 0.3) is 0 Å². The lowest BCUT2D eigenvalue weighted by atomic mass is 9.96. The van der Waals surface area contributed by atoms with Crippen LogP contribution in [0.3, 0.4) is 0 Å². The Morgan fingerprint density at radius 2 is 1.54 bits per heavy atom. The molecule has 0 aliphatic rings. The molecule has 0 spiro atoms. The summed E-state index contributed by atoms with van der Waals surface area (Å²) < 4.78 is 28.7. The van der Waals surface area contributed by atoms with Crippen LogP contribution in [-0.2, 0) is 10.0 Å². The molecule has 0 bridgehead atoms. The van der Waals surface area contributed by atoms with Gasteiger partial charge in [0.15, 0.2) is 0 Å². The topological polar surface area (TPSA) is 46.2 Å². The maximum Gasteiger partial charge on any atom is 0.241 e. The number of nitrogens with one attached hydrogen (secondary N) is 1. The van der Waals surface area contributed by atoms with Gasteiger partial charge in [-0.1, -0.05) is 56.6 Å². The average molecular weight is 394 g/mol. The highest BCUT2D eigenvalue weighted by molar-refractivity contribution is 7.89. The van der Waals surface area contributed by atoms with E-state index < -0.39 is 10.0 Å². The zero-order chi connectivity index (χ0) is 19.5. The standard InChI is InChI=1S/C21H28ClNO2S/c1-6-14(3)17-8-10-18(11-9-17)20(7-2)23-26(24,25)21-13-15(4)19(22)12-16(21)5/h8-14,20,23H,6-7H2,1-5H3. The first-order valence-electron chi connectivity index (χ1n) is 9.08. The summed E-state index contributed by atoms with van der Waals surface area (Å²) in [7, 11) is -3.63. The lowest BCUT2D eigenvalue weighted by molar-refractivity contribution is 0.549. The third-order valence-electron chi connectivity index (χ3n) is 4.97. The van der Waals surface area contributed by atoms with E-state index in [1.807, 2.05) is 26.0 Å². The molecule has 2 rings (SSSR count). The van der Waals surface area contributed by atoms with Crippen molar-refractivity contribution in [1.29, 1.82) is 0 Å². The number of benzene rings is 2. The zero-order valence-electron chi connectivity index (χ0n) is 16.1. The minimum Gasteiger partial charge on any atom is -0.207 e. The minimum atomic E-state index is -3.63. The van der Waals surface area contributed by atoms with E-state index in [0.717, 1.165) is 17.5 Å². The molecule has 0 saturated carbocycles. The third-order valence-corrected chi connectivity index (χ3v) is 6.99. The van der Waals surface area contributed by atoms with Crippen molar-refractivity contribution in [2.45, 2.75) is 64.3 Å². The molecule has 2 atom stereocenters. The Labute approximate surface area is 162 Å². The van der Waals surface area contributed by atoms with Gasteiger partial charge in [0.2, 0.25) is 10.0 Å². The molecule has 2 unspecified atom stereocenters. The van der Waals surface area contributed by atoms with Crippen LogP contribution in [0.4, 0.5) is 0 Å². The molecule has 142 valence electrons. The molecule has 2 aromatic rings. The molecule has 2 aromatic carbocycles. The lowest BCUT2D eigenvalue weighted by Crippen LogP contribution is -2.29. The van der Waals surface area contributed by atoms with Crippen molar-refractivity contribution < 1.29 is 8.42 Å². The summed E-state index contributed by atoms with van der Waals surface area (Å²) in [5.41, 5.74) is 3.66. The summed E-state index contributed by atoms with van der Waals surface area (Å²) in [5, 5.41) is 0.578. The van der Waals surface area contributed by atoms with Crippen LogP contribution in [0.1, 0.15) is 67.8 Å². The molecule has 26 heavy (non-hydrogen) atoms. The predicted molar refractivity (Wildman–Crippen MR) is 109 cm³/mol. The van der Waals surface area contributed by atoms with Gasteiger partial charge in [-0.25, -0.2) is 13.1 Å². The zero-order valence-corrected chi connectivity index (χ0v) is 17.7. The quantitative estimate of drug-likeness (QED) is 0.636. The fourth-order valence-corrected chi connectivity index (χ4v) is 4.81. The number of hydrogen-bond donors (Lipinski definition) is 1. The number of halogens is 1. The van der Waals surface area contributed by atoms with E-state index >= 15 is 0 Å². The Bertz CT molecular complexity index is 860. The molecule has 1 N–H and O–H groups in total. The first-order chi connectivity index (χ1) is 12.2. The van der Waals surface area contributed by atoms with Crippen molar-refractivity contribution in [3.63, 3.8) is 0 Å². The molecule has 0 saturated heterocycles. The van der Waals surface area contributed by atoms with Crippen LogP contribution in [0.15, 0.2) is 41.3 Å². The Morgan fingerprint density at radius 1 is 0.962 bits per heavy atom. The highest BCUT2D eigenvalue weighted by Gasteiger charge is 2.23. The number of rotatable bonds is 7. The van der Waals surface area contributed by atoms with Gasteiger partial charge in [-0.3, -0.25) is 0 Å². The van der Waals surface area contributed by atoms with E-state index in [1.54, 1.807) is 19.1 Å². The van der Waals surface area contributed by atoms with Crippen molar-refractivity contribution in [3.05, 3.63) is 63.7 Å². The smallest absolute Gasteiger partial charge is 0.207 e. The van der Waals surface area contributed by atoms with Gasteiger partial charge in [0.1, 0.15) is 0 Å². The van der Waals surface area contributed by atoms with Gasteiger partial charge >= 0.3 is 0 Å². The van der Waals surface area contributed by atoms with Gasteiger partial charge in [0.25, 0.3) is 0 Å². The lowest BCUT2D eigenvalue weighted by Gasteiger charge is -2.20. The summed E-state index contributed by atoms with van der Waals surface area (Å²) in [4.78, 5) is 0.286. The van der Waals surface area contributed by atoms with Gasteiger partial charge < -0.3 is 0 Å². The predicted octanol–water partition coefficient (Wildman–Crippen LogP) is 5.90. The van der Waals surface area contributed by atoms with Crippen molar-refractivity contribution >= 4 is 21.6 Å². The van der Waals surface area contributed by atoms with Crippen molar-refractivity contribution in [2.75, 3.05) is 0 Å². The second-order valence-corrected chi connectivity index (χ2v) is 9.01. The monoisotopic (exact) mass is 393 g/mol. The van der Waals surface area contributed by atoms with Crippen molar-refractivity contribution in [3.8, 4) is 0 Å². The normalized spacial score (nSPS) is 14.2. The third kappa shape index (κ3) is 4.67. The van der Waals surface area contributed by atoms with Crippen LogP contribution in [0, 0.1) is 13.8 Å². The van der Waals surface area contributed by atoms with Gasteiger partial charge in [0.05, 0.1) is 4.90 Å². The number of sulfonamides is 1. The molecule has 0 aliphatic carbocycles. The SMILES string of the molecule is CCC(C)c1ccc(C(CC)NS(=O)(=O)c2cc(C)c(Cl)cc2C)cc1. The molecule has 3 nitrogen and oxygen atoms in total. The second kappa shape index (κ2) is 8.55. The molecule has 0 radical (unpaired) electrons. The largest absolute Gasteiger partial charge is 0.241 e. The molecule has 0 aromatic heterocycles. The molecule has 5 heteroatoms. The van der Waals surface area contributed by atoms with Gasteiger partial charge in [-0.2, -0.15) is 0 Å².